The van der Waals surface area contributed by atoms with Crippen LogP contribution in [-0.4, -0.2) is 30.2 Å². The number of hydrogen-bond acceptors (Lipinski definition) is 2. The largest absolute Gasteiger partial charge is 0.463 e. The van der Waals surface area contributed by atoms with Crippen LogP contribution in [0.4, 0.5) is 0 Å². The van der Waals surface area contributed by atoms with Crippen molar-refractivity contribution in [3.05, 3.63) is 158 Å². The molecular formula is C38H32O2Si2. The van der Waals surface area contributed by atoms with E-state index in [-0.39, 0.29) is 11.1 Å². The molecule has 0 unspecified atom stereocenters. The van der Waals surface area contributed by atoms with E-state index in [4.69, 9.17) is 4.74 Å². The van der Waals surface area contributed by atoms with Gasteiger partial charge in [-0.2, -0.15) is 0 Å². The van der Waals surface area contributed by atoms with Crippen molar-refractivity contribution in [1.82, 2.24) is 0 Å². The summed E-state index contributed by atoms with van der Waals surface area (Å²) in [5.41, 5.74) is 0. The van der Waals surface area contributed by atoms with Gasteiger partial charge in [0.2, 0.25) is 0 Å². The topological polar surface area (TPSA) is 26.3 Å². The van der Waals surface area contributed by atoms with E-state index in [0.29, 0.717) is 6.61 Å². The van der Waals surface area contributed by atoms with E-state index in [9.17, 15) is 4.79 Å². The maximum Gasteiger partial charge on any atom is 0.330 e. The molecule has 0 aromatic heterocycles. The maximum atomic E-state index is 12.2. The van der Waals surface area contributed by atoms with Gasteiger partial charge in [-0.15, -0.1) is 0 Å². The second-order valence-corrected chi connectivity index (χ2v) is 16.3. The highest BCUT2D eigenvalue weighted by Crippen LogP contribution is 2.24. The summed E-state index contributed by atoms with van der Waals surface area (Å²) in [7, 11) is -2.70. The lowest BCUT2D eigenvalue weighted by Gasteiger charge is -2.33. The summed E-state index contributed by atoms with van der Waals surface area (Å²) in [6.45, 7) is 3.97. The third-order valence-electron chi connectivity index (χ3n) is 7.80. The molecular weight excluding hydrogens is 545 g/mol. The van der Waals surface area contributed by atoms with Gasteiger partial charge in [-0.25, -0.2) is 4.79 Å². The van der Waals surface area contributed by atoms with Crippen LogP contribution in [0.15, 0.2) is 158 Å². The lowest BCUT2D eigenvalue weighted by molar-refractivity contribution is -0.137. The van der Waals surface area contributed by atoms with E-state index in [0.717, 1.165) is 6.42 Å². The number of benzene rings is 6. The number of carbonyl (C=O) groups excluding carboxylic acids is 1. The van der Waals surface area contributed by atoms with Gasteiger partial charge in [0, 0.05) is 6.08 Å². The number of esters is 1. The van der Waals surface area contributed by atoms with Gasteiger partial charge < -0.3 is 4.74 Å². The Hall–Kier alpha value is -4.52. The Morgan fingerprint density at radius 2 is 1.00 bits per heavy atom. The zero-order valence-corrected chi connectivity index (χ0v) is 25.4. The van der Waals surface area contributed by atoms with Crippen LogP contribution in [0, 0.1) is 0 Å². The minimum Gasteiger partial charge on any atom is -0.463 e. The molecule has 0 aliphatic heterocycles. The summed E-state index contributed by atoms with van der Waals surface area (Å²) in [6, 6.07) is 53.1. The highest BCUT2D eigenvalue weighted by Gasteiger charge is 2.37. The molecule has 42 heavy (non-hydrogen) atoms. The van der Waals surface area contributed by atoms with Crippen LogP contribution in [0.5, 0.6) is 0 Å². The van der Waals surface area contributed by atoms with Crippen molar-refractivity contribution in [2.45, 2.75) is 11.6 Å². The predicted octanol–water partition coefficient (Wildman–Crippen LogP) is 5.94. The minimum atomic E-state index is -1.35. The fourth-order valence-corrected chi connectivity index (χ4v) is 14.4. The van der Waals surface area contributed by atoms with Crippen LogP contribution < -0.4 is 20.7 Å². The molecule has 6 aromatic rings. The Morgan fingerprint density at radius 3 is 1.45 bits per heavy atom. The number of ether oxygens (including phenoxy) is 1. The van der Waals surface area contributed by atoms with Gasteiger partial charge in [0.15, 0.2) is 0 Å². The number of rotatable bonds is 10. The predicted molar refractivity (Wildman–Crippen MR) is 180 cm³/mol. The van der Waals surface area contributed by atoms with Crippen molar-refractivity contribution >= 4 is 65.9 Å². The zero-order chi connectivity index (χ0) is 28.7. The SMILES string of the molecule is C=CC(=O)OCCC([Si](c1ccccc1)c1ccc2ccccc2c1)[Si](c1ccccc1)c1ccc2ccccc2c1. The molecule has 0 bridgehead atoms. The molecule has 0 aliphatic rings. The van der Waals surface area contributed by atoms with Crippen LogP contribution in [0.3, 0.4) is 0 Å². The van der Waals surface area contributed by atoms with E-state index in [2.05, 4.69) is 152 Å². The normalized spacial score (nSPS) is 11.4. The summed E-state index contributed by atoms with van der Waals surface area (Å²) in [6.07, 6.45) is 2.03. The summed E-state index contributed by atoms with van der Waals surface area (Å²) in [4.78, 5) is 12.2. The van der Waals surface area contributed by atoms with Gasteiger partial charge in [0.25, 0.3) is 0 Å². The maximum absolute atomic E-state index is 12.2. The molecule has 6 aromatic carbocycles. The van der Waals surface area contributed by atoms with Crippen LogP contribution >= 0.6 is 0 Å². The highest BCUT2D eigenvalue weighted by atomic mass is 28.3. The molecule has 0 aliphatic carbocycles. The van der Waals surface area contributed by atoms with Crippen molar-refractivity contribution < 1.29 is 9.53 Å². The van der Waals surface area contributed by atoms with Gasteiger partial charge >= 0.3 is 5.97 Å². The van der Waals surface area contributed by atoms with Crippen molar-refractivity contribution in [2.75, 3.05) is 6.61 Å². The lowest BCUT2D eigenvalue weighted by atomic mass is 10.1. The first-order valence-corrected chi connectivity index (χ1v) is 17.5. The standard InChI is InChI=1S/C38H32O2Si2/c1-2-37(39)40-26-25-38(41(33-17-5-3-6-18-33)35-23-21-29-13-9-11-15-31(29)27-35)42(34-19-7-4-8-20-34)36-24-22-30-14-10-12-16-32(30)28-36/h2-24,27-28,38H,1,25-26H2. The monoisotopic (exact) mass is 576 g/mol. The molecule has 6 rings (SSSR count). The lowest BCUT2D eigenvalue weighted by Crippen LogP contribution is -2.58. The van der Waals surface area contributed by atoms with Gasteiger partial charge in [0.1, 0.15) is 17.6 Å². The Labute approximate surface area is 251 Å². The molecule has 0 N–H and O–H groups in total. The Balaban J connectivity index is 1.56. The number of hydrogen-bond donors (Lipinski definition) is 0. The Kier molecular flexibility index (Phi) is 8.54. The molecule has 204 valence electrons. The van der Waals surface area contributed by atoms with Crippen LogP contribution in [-0.2, 0) is 9.53 Å². The fraction of sp³-hybridized carbons (Fsp3) is 0.0789. The molecule has 2 nitrogen and oxygen atoms in total. The molecule has 0 atom stereocenters. The number of carbonyl (C=O) groups is 1. The summed E-state index contributed by atoms with van der Waals surface area (Å²) < 4.78 is 5.68. The quantitative estimate of drug-likeness (QED) is 0.115. The third-order valence-corrected chi connectivity index (χ3v) is 15.3. The molecule has 0 heterocycles. The first-order valence-electron chi connectivity index (χ1n) is 14.3. The first-order chi connectivity index (χ1) is 20.7. The molecule has 0 fully saturated rings. The average molecular weight is 577 g/mol. The second-order valence-electron chi connectivity index (χ2n) is 10.4. The van der Waals surface area contributed by atoms with Crippen molar-refractivity contribution in [1.29, 1.82) is 0 Å². The fourth-order valence-electron chi connectivity index (χ4n) is 5.86. The van der Waals surface area contributed by atoms with Crippen molar-refractivity contribution in [3.63, 3.8) is 0 Å². The van der Waals surface area contributed by atoms with Crippen molar-refractivity contribution in [2.24, 2.45) is 0 Å². The summed E-state index contributed by atoms with van der Waals surface area (Å²) >= 11 is 0. The minimum absolute atomic E-state index is 0.282. The average Bonchev–Trinajstić information content (AvgIpc) is 3.05. The van der Waals surface area contributed by atoms with Crippen LogP contribution in [0.2, 0.25) is 5.16 Å². The zero-order valence-electron chi connectivity index (χ0n) is 23.4. The van der Waals surface area contributed by atoms with Crippen LogP contribution in [0.25, 0.3) is 21.5 Å². The van der Waals surface area contributed by atoms with Gasteiger partial charge in [-0.1, -0.05) is 173 Å². The summed E-state index contributed by atoms with van der Waals surface area (Å²) in [5.74, 6) is -0.368. The van der Waals surface area contributed by atoms with E-state index in [1.54, 1.807) is 0 Å². The van der Waals surface area contributed by atoms with E-state index in [1.807, 2.05) is 0 Å². The van der Waals surface area contributed by atoms with Gasteiger partial charge in [-0.05, 0) is 33.1 Å². The molecule has 0 amide bonds. The van der Waals surface area contributed by atoms with E-state index >= 15 is 0 Å². The Morgan fingerprint density at radius 1 is 0.571 bits per heavy atom. The summed E-state index contributed by atoms with van der Waals surface area (Å²) in [5, 5.41) is 10.8. The van der Waals surface area contributed by atoms with E-state index in [1.165, 1.54) is 48.4 Å². The van der Waals surface area contributed by atoms with Gasteiger partial charge in [-0.3, -0.25) is 0 Å². The number of fused-ring (bicyclic) bond motifs is 2. The van der Waals surface area contributed by atoms with E-state index < -0.39 is 17.6 Å². The Bertz CT molecular complexity index is 1700. The third kappa shape index (κ3) is 6.05. The molecule has 0 saturated heterocycles. The molecule has 0 saturated carbocycles. The van der Waals surface area contributed by atoms with Crippen molar-refractivity contribution in [3.8, 4) is 0 Å². The smallest absolute Gasteiger partial charge is 0.330 e. The molecule has 0 spiro atoms. The van der Waals surface area contributed by atoms with Crippen LogP contribution in [0.1, 0.15) is 6.42 Å². The molecule has 2 radical (unpaired) electrons. The molecule has 4 heteroatoms. The highest BCUT2D eigenvalue weighted by molar-refractivity contribution is 7.02. The second kappa shape index (κ2) is 13.0. The first kappa shape index (κ1) is 27.6. The van der Waals surface area contributed by atoms with Gasteiger partial charge in [0.05, 0.1) is 6.61 Å².